The van der Waals surface area contributed by atoms with Gasteiger partial charge in [0, 0.05) is 6.04 Å². The van der Waals surface area contributed by atoms with Gasteiger partial charge in [0.25, 0.3) is 0 Å². The topological polar surface area (TPSA) is 44.5 Å². The number of methoxy groups -OCH3 is 2. The Kier molecular flexibility index (Phi) is 3.77. The Hall–Kier alpha value is -1.22. The highest BCUT2D eigenvalue weighted by molar-refractivity contribution is 5.46. The Morgan fingerprint density at radius 3 is 2.50 bits per heavy atom. The molecule has 3 heteroatoms. The summed E-state index contributed by atoms with van der Waals surface area (Å²) in [5.74, 6) is 1.54. The van der Waals surface area contributed by atoms with Crippen LogP contribution in [0.15, 0.2) is 18.2 Å². The summed E-state index contributed by atoms with van der Waals surface area (Å²) in [7, 11) is 3.27. The summed E-state index contributed by atoms with van der Waals surface area (Å²) in [5, 5.41) is 0. The minimum absolute atomic E-state index is 0.121. The van der Waals surface area contributed by atoms with Crippen LogP contribution in [0, 0.1) is 0 Å². The minimum atomic E-state index is 0.121. The number of hydrogen-bond donors (Lipinski definition) is 1. The van der Waals surface area contributed by atoms with E-state index in [1.807, 2.05) is 25.1 Å². The maximum Gasteiger partial charge on any atom is 0.163 e. The average molecular weight is 195 g/mol. The van der Waals surface area contributed by atoms with Gasteiger partial charge in [-0.3, -0.25) is 0 Å². The molecule has 0 heterocycles. The second kappa shape index (κ2) is 4.86. The molecule has 0 aliphatic rings. The first-order chi connectivity index (χ1) is 6.69. The van der Waals surface area contributed by atoms with Gasteiger partial charge in [-0.15, -0.1) is 0 Å². The van der Waals surface area contributed by atoms with Gasteiger partial charge in [-0.05, 0) is 25.0 Å². The fourth-order valence-electron chi connectivity index (χ4n) is 1.46. The molecule has 0 radical (unpaired) electrons. The highest BCUT2D eigenvalue weighted by Gasteiger charge is 2.10. The molecule has 0 saturated carbocycles. The largest absolute Gasteiger partial charge is 0.493 e. The van der Waals surface area contributed by atoms with Crippen LogP contribution in [-0.4, -0.2) is 20.3 Å². The van der Waals surface area contributed by atoms with Crippen molar-refractivity contribution in [3.05, 3.63) is 23.8 Å². The quantitative estimate of drug-likeness (QED) is 0.793. The second-order valence-electron chi connectivity index (χ2n) is 3.33. The van der Waals surface area contributed by atoms with Crippen LogP contribution in [0.1, 0.15) is 12.5 Å². The number of para-hydroxylation sites is 1. The van der Waals surface area contributed by atoms with E-state index >= 15 is 0 Å². The molecule has 1 atom stereocenters. The normalized spacial score (nSPS) is 12.3. The maximum atomic E-state index is 5.74. The molecule has 2 N–H and O–H groups in total. The zero-order chi connectivity index (χ0) is 10.6. The molecule has 0 aromatic heterocycles. The highest BCUT2D eigenvalue weighted by Crippen LogP contribution is 2.31. The van der Waals surface area contributed by atoms with Crippen LogP contribution in [-0.2, 0) is 6.42 Å². The van der Waals surface area contributed by atoms with Gasteiger partial charge in [-0.2, -0.15) is 0 Å². The third-order valence-corrected chi connectivity index (χ3v) is 2.03. The lowest BCUT2D eigenvalue weighted by Crippen LogP contribution is -2.18. The number of rotatable bonds is 4. The molecule has 0 amide bonds. The van der Waals surface area contributed by atoms with Crippen LogP contribution in [0.25, 0.3) is 0 Å². The third-order valence-electron chi connectivity index (χ3n) is 2.03. The molecule has 78 valence electrons. The van der Waals surface area contributed by atoms with Crippen LogP contribution in [0.4, 0.5) is 0 Å². The van der Waals surface area contributed by atoms with Gasteiger partial charge in [-0.25, -0.2) is 0 Å². The van der Waals surface area contributed by atoms with E-state index in [0.717, 1.165) is 23.5 Å². The molecular weight excluding hydrogens is 178 g/mol. The van der Waals surface area contributed by atoms with Crippen LogP contribution in [0.3, 0.4) is 0 Å². The molecule has 1 aromatic rings. The lowest BCUT2D eigenvalue weighted by Gasteiger charge is -2.13. The van der Waals surface area contributed by atoms with E-state index in [2.05, 4.69) is 0 Å². The van der Waals surface area contributed by atoms with Crippen molar-refractivity contribution >= 4 is 0 Å². The molecule has 0 fully saturated rings. The van der Waals surface area contributed by atoms with Crippen molar-refractivity contribution in [2.24, 2.45) is 5.73 Å². The predicted molar refractivity (Wildman–Crippen MR) is 56.9 cm³/mol. The summed E-state index contributed by atoms with van der Waals surface area (Å²) in [4.78, 5) is 0. The van der Waals surface area contributed by atoms with Crippen molar-refractivity contribution in [2.45, 2.75) is 19.4 Å². The summed E-state index contributed by atoms with van der Waals surface area (Å²) in [6, 6.07) is 5.95. The zero-order valence-corrected chi connectivity index (χ0v) is 8.91. The first-order valence-electron chi connectivity index (χ1n) is 4.64. The standard InChI is InChI=1S/C11H17NO2/c1-8(12)7-9-5-4-6-10(13-2)11(9)14-3/h4-6,8H,7,12H2,1-3H3/t8-/m1/s1. The number of ether oxygens (including phenoxy) is 2. The Balaban J connectivity index is 3.02. The van der Waals surface area contributed by atoms with E-state index in [1.54, 1.807) is 14.2 Å². The van der Waals surface area contributed by atoms with E-state index < -0.39 is 0 Å². The van der Waals surface area contributed by atoms with Gasteiger partial charge in [0.15, 0.2) is 11.5 Å². The minimum Gasteiger partial charge on any atom is -0.493 e. The summed E-state index contributed by atoms with van der Waals surface area (Å²) in [6.07, 6.45) is 0.792. The van der Waals surface area contributed by atoms with Crippen molar-refractivity contribution in [2.75, 3.05) is 14.2 Å². The van der Waals surface area contributed by atoms with Crippen LogP contribution >= 0.6 is 0 Å². The Labute approximate surface area is 84.8 Å². The van der Waals surface area contributed by atoms with Gasteiger partial charge in [0.2, 0.25) is 0 Å². The van der Waals surface area contributed by atoms with E-state index in [-0.39, 0.29) is 6.04 Å². The summed E-state index contributed by atoms with van der Waals surface area (Å²) in [6.45, 7) is 1.97. The van der Waals surface area contributed by atoms with Crippen molar-refractivity contribution < 1.29 is 9.47 Å². The Bertz CT molecular complexity index is 297. The second-order valence-corrected chi connectivity index (χ2v) is 3.33. The van der Waals surface area contributed by atoms with Gasteiger partial charge >= 0.3 is 0 Å². The molecule has 0 spiro atoms. The predicted octanol–water partition coefficient (Wildman–Crippen LogP) is 1.59. The summed E-state index contributed by atoms with van der Waals surface area (Å²) >= 11 is 0. The first kappa shape index (κ1) is 10.9. The average Bonchev–Trinajstić information content (AvgIpc) is 2.16. The van der Waals surface area contributed by atoms with Crippen LogP contribution < -0.4 is 15.2 Å². The molecule has 0 unspecified atom stereocenters. The Morgan fingerprint density at radius 1 is 1.29 bits per heavy atom. The summed E-state index contributed by atoms with van der Waals surface area (Å²) in [5.41, 5.74) is 6.83. The van der Waals surface area contributed by atoms with Crippen molar-refractivity contribution in [1.29, 1.82) is 0 Å². The van der Waals surface area contributed by atoms with Crippen LogP contribution in [0.5, 0.6) is 11.5 Å². The van der Waals surface area contributed by atoms with E-state index in [0.29, 0.717) is 0 Å². The lowest BCUT2D eigenvalue weighted by atomic mass is 10.1. The molecule has 1 rings (SSSR count). The molecule has 0 bridgehead atoms. The van der Waals surface area contributed by atoms with Crippen molar-refractivity contribution in [3.63, 3.8) is 0 Å². The highest BCUT2D eigenvalue weighted by atomic mass is 16.5. The van der Waals surface area contributed by atoms with Gasteiger partial charge < -0.3 is 15.2 Å². The molecule has 1 aromatic carbocycles. The van der Waals surface area contributed by atoms with Crippen molar-refractivity contribution in [1.82, 2.24) is 0 Å². The van der Waals surface area contributed by atoms with E-state index in [4.69, 9.17) is 15.2 Å². The Morgan fingerprint density at radius 2 is 2.00 bits per heavy atom. The monoisotopic (exact) mass is 195 g/mol. The van der Waals surface area contributed by atoms with Gasteiger partial charge in [0.05, 0.1) is 14.2 Å². The lowest BCUT2D eigenvalue weighted by molar-refractivity contribution is 0.351. The fraction of sp³-hybridized carbons (Fsp3) is 0.455. The number of hydrogen-bond acceptors (Lipinski definition) is 3. The molecule has 0 aliphatic heterocycles. The van der Waals surface area contributed by atoms with Crippen LogP contribution in [0.2, 0.25) is 0 Å². The summed E-state index contributed by atoms with van der Waals surface area (Å²) < 4.78 is 10.5. The van der Waals surface area contributed by atoms with E-state index in [1.165, 1.54) is 0 Å². The first-order valence-corrected chi connectivity index (χ1v) is 4.64. The molecule has 0 saturated heterocycles. The molecule has 0 aliphatic carbocycles. The fourth-order valence-corrected chi connectivity index (χ4v) is 1.46. The van der Waals surface area contributed by atoms with Gasteiger partial charge in [0.1, 0.15) is 0 Å². The molecule has 3 nitrogen and oxygen atoms in total. The smallest absolute Gasteiger partial charge is 0.163 e. The SMILES string of the molecule is COc1cccc(C[C@@H](C)N)c1OC. The van der Waals surface area contributed by atoms with Gasteiger partial charge in [-0.1, -0.05) is 12.1 Å². The maximum absolute atomic E-state index is 5.74. The zero-order valence-electron chi connectivity index (χ0n) is 8.91. The number of nitrogens with two attached hydrogens (primary N) is 1. The molecule has 14 heavy (non-hydrogen) atoms. The third kappa shape index (κ3) is 2.39. The van der Waals surface area contributed by atoms with Crippen molar-refractivity contribution in [3.8, 4) is 11.5 Å². The van der Waals surface area contributed by atoms with E-state index in [9.17, 15) is 0 Å². The molecular formula is C11H17NO2. The number of benzene rings is 1.